The van der Waals surface area contributed by atoms with Crippen molar-refractivity contribution in [2.24, 2.45) is 7.05 Å². The number of hydrogen-bond acceptors (Lipinski definition) is 3. The Morgan fingerprint density at radius 1 is 1.35 bits per heavy atom. The van der Waals surface area contributed by atoms with Crippen molar-refractivity contribution in [3.8, 4) is 0 Å². The Morgan fingerprint density at radius 3 is 2.82 bits per heavy atom. The minimum absolute atomic E-state index is 0.163. The van der Waals surface area contributed by atoms with Gasteiger partial charge in [-0.1, -0.05) is 13.0 Å². The summed E-state index contributed by atoms with van der Waals surface area (Å²) in [5, 5.41) is 7.76. The lowest BCUT2D eigenvalue weighted by Gasteiger charge is -2.18. The Bertz CT molecular complexity index is 449. The molecule has 2 aromatic rings. The van der Waals surface area contributed by atoms with Gasteiger partial charge in [0, 0.05) is 25.6 Å². The van der Waals surface area contributed by atoms with Crippen LogP contribution >= 0.6 is 0 Å². The third-order valence-electron chi connectivity index (χ3n) is 2.77. The van der Waals surface area contributed by atoms with E-state index in [4.69, 9.17) is 0 Å². The molecule has 0 bridgehead atoms. The van der Waals surface area contributed by atoms with Crippen LogP contribution in [0.4, 0.5) is 0 Å². The van der Waals surface area contributed by atoms with Gasteiger partial charge in [0.15, 0.2) is 0 Å². The van der Waals surface area contributed by atoms with Crippen LogP contribution in [0.3, 0.4) is 0 Å². The number of aromatic nitrogens is 3. The molecule has 0 aliphatic carbocycles. The lowest BCUT2D eigenvalue weighted by Crippen LogP contribution is -2.25. The largest absolute Gasteiger partial charge is 0.305 e. The van der Waals surface area contributed by atoms with Crippen LogP contribution in [-0.4, -0.2) is 21.3 Å². The standard InChI is InChI=1S/C13H18N4/c1-3-7-15-13(11-5-4-8-14-10-11)12-6-9-16-17(12)2/h4-6,8-10,13,15H,3,7H2,1-2H3. The lowest BCUT2D eigenvalue weighted by atomic mass is 10.1. The molecule has 0 aliphatic rings. The zero-order valence-corrected chi connectivity index (χ0v) is 10.3. The molecule has 0 amide bonds. The van der Waals surface area contributed by atoms with Crippen LogP contribution in [0.5, 0.6) is 0 Å². The summed E-state index contributed by atoms with van der Waals surface area (Å²) in [5.41, 5.74) is 2.33. The highest BCUT2D eigenvalue weighted by Gasteiger charge is 2.16. The minimum Gasteiger partial charge on any atom is -0.305 e. The predicted octanol–water partition coefficient (Wildman–Crippen LogP) is 1.90. The summed E-state index contributed by atoms with van der Waals surface area (Å²) in [6.45, 7) is 3.14. The summed E-state index contributed by atoms with van der Waals surface area (Å²) in [5.74, 6) is 0. The Kier molecular flexibility index (Phi) is 3.88. The molecule has 4 nitrogen and oxygen atoms in total. The van der Waals surface area contributed by atoms with Crippen molar-refractivity contribution in [1.29, 1.82) is 0 Å². The van der Waals surface area contributed by atoms with Gasteiger partial charge in [0.25, 0.3) is 0 Å². The second kappa shape index (κ2) is 5.59. The van der Waals surface area contributed by atoms with Gasteiger partial charge in [-0.2, -0.15) is 5.10 Å². The van der Waals surface area contributed by atoms with E-state index in [1.165, 1.54) is 5.56 Å². The molecule has 90 valence electrons. The average Bonchev–Trinajstić information content (AvgIpc) is 2.78. The van der Waals surface area contributed by atoms with E-state index in [2.05, 4.69) is 28.4 Å². The zero-order valence-electron chi connectivity index (χ0n) is 10.3. The van der Waals surface area contributed by atoms with Gasteiger partial charge in [0.05, 0.1) is 11.7 Å². The molecule has 0 saturated heterocycles. The number of rotatable bonds is 5. The molecular formula is C13H18N4. The Morgan fingerprint density at radius 2 is 2.24 bits per heavy atom. The SMILES string of the molecule is CCCNC(c1cccnc1)c1ccnn1C. The van der Waals surface area contributed by atoms with E-state index in [-0.39, 0.29) is 6.04 Å². The normalized spacial score (nSPS) is 12.6. The molecule has 1 atom stereocenters. The summed E-state index contributed by atoms with van der Waals surface area (Å²) in [4.78, 5) is 4.18. The predicted molar refractivity (Wildman–Crippen MR) is 67.6 cm³/mol. The van der Waals surface area contributed by atoms with Crippen LogP contribution in [0.15, 0.2) is 36.8 Å². The van der Waals surface area contributed by atoms with E-state index in [1.54, 1.807) is 6.20 Å². The molecule has 1 unspecified atom stereocenters. The van der Waals surface area contributed by atoms with Crippen molar-refractivity contribution in [2.75, 3.05) is 6.54 Å². The monoisotopic (exact) mass is 230 g/mol. The van der Waals surface area contributed by atoms with Crippen molar-refractivity contribution in [3.05, 3.63) is 48.0 Å². The molecule has 0 spiro atoms. The summed E-state index contributed by atoms with van der Waals surface area (Å²) in [7, 11) is 1.96. The van der Waals surface area contributed by atoms with Gasteiger partial charge in [0.1, 0.15) is 0 Å². The van der Waals surface area contributed by atoms with Crippen LogP contribution in [0.2, 0.25) is 0 Å². The molecular weight excluding hydrogens is 212 g/mol. The van der Waals surface area contributed by atoms with E-state index in [1.807, 2.05) is 36.3 Å². The van der Waals surface area contributed by atoms with Crippen LogP contribution in [-0.2, 0) is 7.05 Å². The second-order valence-corrected chi connectivity index (χ2v) is 4.05. The zero-order chi connectivity index (χ0) is 12.1. The minimum atomic E-state index is 0.163. The summed E-state index contributed by atoms with van der Waals surface area (Å²) < 4.78 is 1.90. The topological polar surface area (TPSA) is 42.7 Å². The smallest absolute Gasteiger partial charge is 0.0763 e. The van der Waals surface area contributed by atoms with E-state index in [0.29, 0.717) is 0 Å². The van der Waals surface area contributed by atoms with E-state index < -0.39 is 0 Å². The molecule has 0 radical (unpaired) electrons. The van der Waals surface area contributed by atoms with Gasteiger partial charge in [-0.3, -0.25) is 9.67 Å². The summed E-state index contributed by atoms with van der Waals surface area (Å²) in [6, 6.07) is 6.26. The van der Waals surface area contributed by atoms with Crippen molar-refractivity contribution < 1.29 is 0 Å². The van der Waals surface area contributed by atoms with Gasteiger partial charge in [-0.15, -0.1) is 0 Å². The summed E-state index contributed by atoms with van der Waals surface area (Å²) in [6.07, 6.45) is 6.63. The Hall–Kier alpha value is -1.68. The fraction of sp³-hybridized carbons (Fsp3) is 0.385. The Balaban J connectivity index is 2.29. The Labute approximate surface area is 102 Å². The first-order valence-corrected chi connectivity index (χ1v) is 5.94. The number of nitrogens with zero attached hydrogens (tertiary/aromatic N) is 3. The number of hydrogen-bond donors (Lipinski definition) is 1. The molecule has 1 N–H and O–H groups in total. The highest BCUT2D eigenvalue weighted by atomic mass is 15.3. The summed E-state index contributed by atoms with van der Waals surface area (Å²) >= 11 is 0. The van der Waals surface area contributed by atoms with Gasteiger partial charge in [-0.25, -0.2) is 0 Å². The maximum atomic E-state index is 4.23. The van der Waals surface area contributed by atoms with E-state index in [0.717, 1.165) is 18.7 Å². The van der Waals surface area contributed by atoms with Gasteiger partial charge in [0.2, 0.25) is 0 Å². The molecule has 4 heteroatoms. The molecule has 0 aliphatic heterocycles. The molecule has 0 fully saturated rings. The van der Waals surface area contributed by atoms with Crippen LogP contribution in [0.25, 0.3) is 0 Å². The van der Waals surface area contributed by atoms with Gasteiger partial charge < -0.3 is 5.32 Å². The molecule has 2 heterocycles. The third-order valence-corrected chi connectivity index (χ3v) is 2.77. The molecule has 2 aromatic heterocycles. The first-order valence-electron chi connectivity index (χ1n) is 5.94. The third kappa shape index (κ3) is 2.71. The maximum absolute atomic E-state index is 4.23. The fourth-order valence-electron chi connectivity index (χ4n) is 1.90. The molecule has 17 heavy (non-hydrogen) atoms. The van der Waals surface area contributed by atoms with Crippen molar-refractivity contribution in [2.45, 2.75) is 19.4 Å². The van der Waals surface area contributed by atoms with Crippen LogP contribution in [0.1, 0.15) is 30.6 Å². The second-order valence-electron chi connectivity index (χ2n) is 4.05. The van der Waals surface area contributed by atoms with E-state index >= 15 is 0 Å². The van der Waals surface area contributed by atoms with Crippen LogP contribution in [0, 0.1) is 0 Å². The van der Waals surface area contributed by atoms with Crippen LogP contribution < -0.4 is 5.32 Å². The fourth-order valence-corrected chi connectivity index (χ4v) is 1.90. The van der Waals surface area contributed by atoms with Gasteiger partial charge >= 0.3 is 0 Å². The highest BCUT2D eigenvalue weighted by molar-refractivity contribution is 5.24. The quantitative estimate of drug-likeness (QED) is 0.853. The first-order chi connectivity index (χ1) is 8.33. The molecule has 0 saturated carbocycles. The molecule has 2 rings (SSSR count). The van der Waals surface area contributed by atoms with Crippen molar-refractivity contribution in [3.63, 3.8) is 0 Å². The number of nitrogens with one attached hydrogen (secondary N) is 1. The molecule has 0 aromatic carbocycles. The first kappa shape index (κ1) is 11.8. The number of aryl methyl sites for hydroxylation is 1. The van der Waals surface area contributed by atoms with Crippen molar-refractivity contribution in [1.82, 2.24) is 20.1 Å². The maximum Gasteiger partial charge on any atom is 0.0763 e. The van der Waals surface area contributed by atoms with E-state index in [9.17, 15) is 0 Å². The number of pyridine rings is 1. The van der Waals surface area contributed by atoms with Gasteiger partial charge in [-0.05, 0) is 30.7 Å². The highest BCUT2D eigenvalue weighted by Crippen LogP contribution is 2.20. The lowest BCUT2D eigenvalue weighted by molar-refractivity contribution is 0.552. The average molecular weight is 230 g/mol. The van der Waals surface area contributed by atoms with Crippen molar-refractivity contribution >= 4 is 0 Å².